The van der Waals surface area contributed by atoms with Crippen LogP contribution in [0, 0.1) is 13.8 Å². The summed E-state index contributed by atoms with van der Waals surface area (Å²) in [6.45, 7) is 4.65. The fourth-order valence-electron chi connectivity index (χ4n) is 5.01. The molecule has 3 aromatic carbocycles. The minimum absolute atomic E-state index is 0.000901. The van der Waals surface area contributed by atoms with E-state index in [4.69, 9.17) is 18.6 Å². The highest BCUT2D eigenvalue weighted by Gasteiger charge is 2.34. The van der Waals surface area contributed by atoms with E-state index in [2.05, 4.69) is 6.07 Å². The molecule has 0 N–H and O–H groups in total. The molecule has 7 heteroatoms. The Morgan fingerprint density at radius 2 is 1.68 bits per heavy atom. The number of amides is 1. The monoisotopic (exact) mass is 499 g/mol. The highest BCUT2D eigenvalue weighted by Crippen LogP contribution is 2.39. The molecule has 2 heterocycles. The van der Waals surface area contributed by atoms with Gasteiger partial charge in [0.25, 0.3) is 5.91 Å². The van der Waals surface area contributed by atoms with Gasteiger partial charge >= 0.3 is 5.63 Å². The number of benzene rings is 3. The van der Waals surface area contributed by atoms with Crippen molar-refractivity contribution in [2.24, 2.45) is 0 Å². The number of fused-ring (bicyclic) bond motifs is 2. The molecule has 1 aliphatic heterocycles. The van der Waals surface area contributed by atoms with Gasteiger partial charge in [-0.3, -0.25) is 4.79 Å². The van der Waals surface area contributed by atoms with Crippen molar-refractivity contribution < 1.29 is 23.4 Å². The molecule has 190 valence electrons. The quantitative estimate of drug-likeness (QED) is 0.338. The summed E-state index contributed by atoms with van der Waals surface area (Å²) in [4.78, 5) is 28.4. The molecule has 7 nitrogen and oxygen atoms in total. The third-order valence-electron chi connectivity index (χ3n) is 6.74. The van der Waals surface area contributed by atoms with Crippen LogP contribution in [0.4, 0.5) is 0 Å². The Bertz CT molecular complexity index is 1520. The summed E-state index contributed by atoms with van der Waals surface area (Å²) in [5.41, 5.74) is 3.90. The Balaban J connectivity index is 1.56. The molecule has 4 aromatic rings. The Morgan fingerprint density at radius 3 is 2.41 bits per heavy atom. The first-order valence-corrected chi connectivity index (χ1v) is 12.2. The Kier molecular flexibility index (Phi) is 6.61. The molecule has 0 unspecified atom stereocenters. The summed E-state index contributed by atoms with van der Waals surface area (Å²) in [7, 11) is 3.18. The predicted octanol–water partition coefficient (Wildman–Crippen LogP) is 5.25. The van der Waals surface area contributed by atoms with Crippen LogP contribution in [-0.4, -0.2) is 38.2 Å². The molecule has 5 rings (SSSR count). The van der Waals surface area contributed by atoms with Gasteiger partial charge in [-0.15, -0.1) is 0 Å². The molecule has 1 aliphatic rings. The zero-order valence-electron chi connectivity index (χ0n) is 21.4. The van der Waals surface area contributed by atoms with Crippen molar-refractivity contribution in [3.8, 4) is 17.2 Å². The van der Waals surface area contributed by atoms with Crippen LogP contribution in [0.25, 0.3) is 11.0 Å². The Morgan fingerprint density at radius 1 is 0.973 bits per heavy atom. The lowest BCUT2D eigenvalue weighted by atomic mass is 9.91. The van der Waals surface area contributed by atoms with E-state index in [0.29, 0.717) is 35.4 Å². The summed E-state index contributed by atoms with van der Waals surface area (Å²) in [5.74, 6) is 1.53. The van der Waals surface area contributed by atoms with Crippen molar-refractivity contribution in [3.05, 3.63) is 98.9 Å². The number of methoxy groups -OCH3 is 2. The van der Waals surface area contributed by atoms with Crippen LogP contribution in [0.5, 0.6) is 17.2 Å². The van der Waals surface area contributed by atoms with E-state index in [1.807, 2.05) is 50.2 Å². The molecule has 0 saturated carbocycles. The van der Waals surface area contributed by atoms with Crippen LogP contribution in [0.1, 0.15) is 38.7 Å². The van der Waals surface area contributed by atoms with Crippen molar-refractivity contribution in [2.45, 2.75) is 26.3 Å². The van der Waals surface area contributed by atoms with Crippen molar-refractivity contribution in [1.82, 2.24) is 4.90 Å². The van der Waals surface area contributed by atoms with Crippen LogP contribution in [0.15, 0.2) is 69.9 Å². The number of hydrogen-bond acceptors (Lipinski definition) is 6. The summed E-state index contributed by atoms with van der Waals surface area (Å²) in [5, 5.41) is 0.692. The van der Waals surface area contributed by atoms with Crippen LogP contribution >= 0.6 is 0 Å². The largest absolute Gasteiger partial charge is 0.493 e. The molecular formula is C30H29NO6. The molecule has 0 saturated heterocycles. The lowest BCUT2D eigenvalue weighted by Crippen LogP contribution is -2.44. The summed E-state index contributed by atoms with van der Waals surface area (Å²) >= 11 is 0. The fraction of sp³-hybridized carbons (Fsp3) is 0.267. The molecule has 0 radical (unpaired) electrons. The molecule has 0 bridgehead atoms. The molecule has 37 heavy (non-hydrogen) atoms. The smallest absolute Gasteiger partial charge is 0.349 e. The summed E-state index contributed by atoms with van der Waals surface area (Å²) in [6, 6.07) is 18.2. The van der Waals surface area contributed by atoms with E-state index < -0.39 is 17.6 Å². The predicted molar refractivity (Wildman–Crippen MR) is 141 cm³/mol. The van der Waals surface area contributed by atoms with Crippen LogP contribution in [0.3, 0.4) is 0 Å². The number of carbonyl (C=O) groups is 1. The van der Waals surface area contributed by atoms with Gasteiger partial charge in [-0.05, 0) is 78.9 Å². The van der Waals surface area contributed by atoms with Crippen molar-refractivity contribution in [3.63, 3.8) is 0 Å². The zero-order valence-corrected chi connectivity index (χ0v) is 21.4. The standard InChI is InChI=1S/C30H29NO6/c1-18-11-19(2)13-22(12-18)36-17-25-23-16-28(35-4)27(34-3)15-20(23)9-10-31(25)29(32)24-14-21-7-5-6-8-26(21)37-30(24)33/h5-8,11-16,25H,9-10,17H2,1-4H3/t25-/m0/s1. The van der Waals surface area contributed by atoms with Gasteiger partial charge in [-0.25, -0.2) is 4.79 Å². The first-order valence-electron chi connectivity index (χ1n) is 12.2. The number of rotatable bonds is 6. The lowest BCUT2D eigenvalue weighted by Gasteiger charge is -2.37. The highest BCUT2D eigenvalue weighted by molar-refractivity contribution is 5.97. The van der Waals surface area contributed by atoms with Gasteiger partial charge in [-0.2, -0.15) is 0 Å². The first kappa shape index (κ1) is 24.4. The Labute approximate surface area is 215 Å². The lowest BCUT2D eigenvalue weighted by molar-refractivity contribution is 0.0585. The van der Waals surface area contributed by atoms with Gasteiger partial charge in [0, 0.05) is 11.9 Å². The molecule has 0 aliphatic carbocycles. The molecule has 0 fully saturated rings. The zero-order chi connectivity index (χ0) is 26.1. The van der Waals surface area contributed by atoms with E-state index in [1.165, 1.54) is 0 Å². The number of hydrogen-bond donors (Lipinski definition) is 0. The second-order valence-electron chi connectivity index (χ2n) is 9.29. The van der Waals surface area contributed by atoms with Gasteiger partial charge in [-0.1, -0.05) is 24.3 Å². The van der Waals surface area contributed by atoms with E-state index in [1.54, 1.807) is 37.3 Å². The summed E-state index contributed by atoms with van der Waals surface area (Å²) < 4.78 is 22.8. The molecule has 0 spiro atoms. The van der Waals surface area contributed by atoms with E-state index in [9.17, 15) is 9.59 Å². The number of para-hydroxylation sites is 1. The second-order valence-corrected chi connectivity index (χ2v) is 9.29. The van der Waals surface area contributed by atoms with Gasteiger partial charge in [0.05, 0.1) is 20.3 Å². The molecule has 1 atom stereocenters. The van der Waals surface area contributed by atoms with Crippen molar-refractivity contribution >= 4 is 16.9 Å². The van der Waals surface area contributed by atoms with Crippen LogP contribution in [0.2, 0.25) is 0 Å². The fourth-order valence-corrected chi connectivity index (χ4v) is 5.01. The average molecular weight is 500 g/mol. The third-order valence-corrected chi connectivity index (χ3v) is 6.74. The molecule has 1 amide bonds. The number of aryl methyl sites for hydroxylation is 2. The molecular weight excluding hydrogens is 470 g/mol. The summed E-state index contributed by atoms with van der Waals surface area (Å²) in [6.07, 6.45) is 0.598. The maximum absolute atomic E-state index is 13.8. The van der Waals surface area contributed by atoms with Gasteiger partial charge in [0.1, 0.15) is 23.5 Å². The van der Waals surface area contributed by atoms with E-state index in [-0.39, 0.29) is 12.2 Å². The van der Waals surface area contributed by atoms with Crippen molar-refractivity contribution in [1.29, 1.82) is 0 Å². The number of carbonyl (C=O) groups excluding carboxylic acids is 1. The maximum atomic E-state index is 13.8. The average Bonchev–Trinajstić information content (AvgIpc) is 2.89. The third kappa shape index (κ3) is 4.77. The topological polar surface area (TPSA) is 78.2 Å². The minimum Gasteiger partial charge on any atom is -0.493 e. The maximum Gasteiger partial charge on any atom is 0.349 e. The number of ether oxygens (including phenoxy) is 3. The van der Waals surface area contributed by atoms with Gasteiger partial charge in [0.15, 0.2) is 11.5 Å². The SMILES string of the molecule is COc1cc2c(cc1OC)[C@H](COc1cc(C)cc(C)c1)N(C(=O)c1cc3ccccc3oc1=O)CC2. The minimum atomic E-state index is -0.657. The van der Waals surface area contributed by atoms with Crippen LogP contribution < -0.4 is 19.8 Å². The van der Waals surface area contributed by atoms with Crippen LogP contribution in [-0.2, 0) is 6.42 Å². The van der Waals surface area contributed by atoms with Crippen molar-refractivity contribution in [2.75, 3.05) is 27.4 Å². The second kappa shape index (κ2) is 10.0. The molecule has 1 aromatic heterocycles. The normalized spacial score (nSPS) is 14.8. The number of nitrogens with zero attached hydrogens (tertiary/aromatic N) is 1. The Hall–Kier alpha value is -4.26. The van der Waals surface area contributed by atoms with E-state index in [0.717, 1.165) is 28.0 Å². The van der Waals surface area contributed by atoms with Gasteiger partial charge < -0.3 is 23.5 Å². The highest BCUT2D eigenvalue weighted by atomic mass is 16.5. The van der Waals surface area contributed by atoms with E-state index >= 15 is 0 Å². The first-order chi connectivity index (χ1) is 17.9. The van der Waals surface area contributed by atoms with Gasteiger partial charge in [0.2, 0.25) is 0 Å².